The van der Waals surface area contributed by atoms with Gasteiger partial charge in [0.2, 0.25) is 10.0 Å². The van der Waals surface area contributed by atoms with E-state index in [1.54, 1.807) is 6.07 Å². The standard InChI is InChI=1S/C7H10BrNO3S2/c1-5(10)4-9-14(11,12)7-3-2-6(8)13-7/h2-3,5,9-10H,4H2,1H3. The second-order valence-corrected chi connectivity index (χ2v) is 7.22. The van der Waals surface area contributed by atoms with Crippen LogP contribution < -0.4 is 4.72 Å². The van der Waals surface area contributed by atoms with E-state index in [0.717, 1.165) is 15.1 Å². The maximum atomic E-state index is 11.5. The van der Waals surface area contributed by atoms with Crippen molar-refractivity contribution in [3.8, 4) is 0 Å². The van der Waals surface area contributed by atoms with Crippen molar-refractivity contribution in [2.24, 2.45) is 0 Å². The number of sulfonamides is 1. The molecule has 0 aromatic carbocycles. The minimum absolute atomic E-state index is 0.0256. The van der Waals surface area contributed by atoms with Crippen molar-refractivity contribution in [1.29, 1.82) is 0 Å². The molecule has 0 aliphatic carbocycles. The van der Waals surface area contributed by atoms with Crippen LogP contribution in [0, 0.1) is 0 Å². The first-order valence-electron chi connectivity index (χ1n) is 3.85. The lowest BCUT2D eigenvalue weighted by Crippen LogP contribution is -2.30. The Morgan fingerprint density at radius 2 is 2.29 bits per heavy atom. The van der Waals surface area contributed by atoms with Crippen LogP contribution in [0.25, 0.3) is 0 Å². The van der Waals surface area contributed by atoms with Gasteiger partial charge in [-0.2, -0.15) is 0 Å². The summed E-state index contributed by atoms with van der Waals surface area (Å²) >= 11 is 4.31. The lowest BCUT2D eigenvalue weighted by atomic mass is 10.4. The summed E-state index contributed by atoms with van der Waals surface area (Å²) in [5.74, 6) is 0. The van der Waals surface area contributed by atoms with Crippen molar-refractivity contribution >= 4 is 37.3 Å². The molecule has 14 heavy (non-hydrogen) atoms. The molecule has 1 unspecified atom stereocenters. The van der Waals surface area contributed by atoms with E-state index in [9.17, 15) is 8.42 Å². The van der Waals surface area contributed by atoms with Crippen LogP contribution in [0.2, 0.25) is 0 Å². The third kappa shape index (κ3) is 3.32. The number of aliphatic hydroxyl groups is 1. The van der Waals surface area contributed by atoms with Crippen LogP contribution >= 0.6 is 27.3 Å². The molecule has 0 radical (unpaired) electrons. The van der Waals surface area contributed by atoms with Crippen LogP contribution in [-0.2, 0) is 10.0 Å². The van der Waals surface area contributed by atoms with Gasteiger partial charge >= 0.3 is 0 Å². The summed E-state index contributed by atoms with van der Waals surface area (Å²) in [5, 5.41) is 8.94. The largest absolute Gasteiger partial charge is 0.392 e. The molecule has 0 saturated heterocycles. The van der Waals surface area contributed by atoms with Gasteiger partial charge in [-0.15, -0.1) is 11.3 Å². The zero-order chi connectivity index (χ0) is 10.8. The monoisotopic (exact) mass is 299 g/mol. The van der Waals surface area contributed by atoms with Gasteiger partial charge in [0.05, 0.1) is 9.89 Å². The lowest BCUT2D eigenvalue weighted by Gasteiger charge is -2.05. The van der Waals surface area contributed by atoms with Crippen molar-refractivity contribution in [1.82, 2.24) is 4.72 Å². The van der Waals surface area contributed by atoms with Crippen LogP contribution in [0.1, 0.15) is 6.92 Å². The molecule has 0 saturated carbocycles. The molecular formula is C7H10BrNO3S2. The Bertz CT molecular complexity index is 399. The van der Waals surface area contributed by atoms with Gasteiger partial charge < -0.3 is 5.11 Å². The number of nitrogens with one attached hydrogen (secondary N) is 1. The van der Waals surface area contributed by atoms with E-state index in [2.05, 4.69) is 20.7 Å². The Balaban J connectivity index is 2.76. The number of halogens is 1. The summed E-state index contributed by atoms with van der Waals surface area (Å²) < 4.78 is 26.3. The van der Waals surface area contributed by atoms with Crippen LogP contribution in [-0.4, -0.2) is 26.2 Å². The minimum atomic E-state index is -3.46. The molecule has 1 atom stereocenters. The summed E-state index contributed by atoms with van der Waals surface area (Å²) in [6, 6.07) is 3.18. The lowest BCUT2D eigenvalue weighted by molar-refractivity contribution is 0.198. The zero-order valence-corrected chi connectivity index (χ0v) is 10.6. The Morgan fingerprint density at radius 1 is 1.64 bits per heavy atom. The van der Waals surface area contributed by atoms with E-state index >= 15 is 0 Å². The molecule has 1 aromatic rings. The Morgan fingerprint density at radius 3 is 2.71 bits per heavy atom. The van der Waals surface area contributed by atoms with Crippen molar-refractivity contribution in [2.75, 3.05) is 6.54 Å². The highest BCUT2D eigenvalue weighted by molar-refractivity contribution is 9.11. The molecule has 80 valence electrons. The summed E-state index contributed by atoms with van der Waals surface area (Å²) in [4.78, 5) is 0. The highest BCUT2D eigenvalue weighted by atomic mass is 79.9. The third-order valence-corrected chi connectivity index (χ3v) is 4.92. The van der Waals surface area contributed by atoms with Crippen molar-refractivity contribution in [2.45, 2.75) is 17.2 Å². The van der Waals surface area contributed by atoms with E-state index in [0.29, 0.717) is 0 Å². The van der Waals surface area contributed by atoms with Gasteiger partial charge in [0, 0.05) is 6.54 Å². The van der Waals surface area contributed by atoms with Crippen molar-refractivity contribution in [3.05, 3.63) is 15.9 Å². The molecule has 2 N–H and O–H groups in total. The van der Waals surface area contributed by atoms with Gasteiger partial charge in [-0.25, -0.2) is 13.1 Å². The van der Waals surface area contributed by atoms with Gasteiger partial charge in [0.25, 0.3) is 0 Å². The van der Waals surface area contributed by atoms with Crippen LogP contribution in [0.4, 0.5) is 0 Å². The van der Waals surface area contributed by atoms with E-state index < -0.39 is 16.1 Å². The Labute approximate surface area is 95.1 Å². The summed E-state index contributed by atoms with van der Waals surface area (Å²) in [6.07, 6.45) is -0.687. The van der Waals surface area contributed by atoms with Crippen LogP contribution in [0.5, 0.6) is 0 Å². The molecule has 1 heterocycles. The fourth-order valence-corrected chi connectivity index (χ4v) is 3.92. The first-order chi connectivity index (χ1) is 6.42. The average Bonchev–Trinajstić information content (AvgIpc) is 2.49. The summed E-state index contributed by atoms with van der Waals surface area (Å²) in [5.41, 5.74) is 0. The van der Waals surface area contributed by atoms with Gasteiger partial charge in [-0.1, -0.05) is 0 Å². The number of hydrogen-bond acceptors (Lipinski definition) is 4. The predicted octanol–water partition coefficient (Wildman–Crippen LogP) is 1.17. The van der Waals surface area contributed by atoms with Crippen LogP contribution in [0.15, 0.2) is 20.1 Å². The van der Waals surface area contributed by atoms with E-state index in [4.69, 9.17) is 5.11 Å². The van der Waals surface area contributed by atoms with Gasteiger partial charge in [0.1, 0.15) is 4.21 Å². The fraction of sp³-hybridized carbons (Fsp3) is 0.429. The SMILES string of the molecule is CC(O)CNS(=O)(=O)c1ccc(Br)s1. The number of hydrogen-bond donors (Lipinski definition) is 2. The molecule has 0 amide bonds. The molecule has 1 aromatic heterocycles. The topological polar surface area (TPSA) is 66.4 Å². The number of rotatable bonds is 4. The fourth-order valence-electron chi connectivity index (χ4n) is 0.744. The third-order valence-electron chi connectivity index (χ3n) is 1.38. The second-order valence-electron chi connectivity index (χ2n) is 2.76. The van der Waals surface area contributed by atoms with Crippen LogP contribution in [0.3, 0.4) is 0 Å². The molecule has 7 heteroatoms. The normalized spacial score (nSPS) is 14.2. The summed E-state index contributed by atoms with van der Waals surface area (Å²) in [6.45, 7) is 1.55. The highest BCUT2D eigenvalue weighted by Gasteiger charge is 2.16. The molecule has 4 nitrogen and oxygen atoms in total. The van der Waals surface area contributed by atoms with Crippen molar-refractivity contribution in [3.63, 3.8) is 0 Å². The minimum Gasteiger partial charge on any atom is -0.392 e. The molecule has 0 spiro atoms. The molecule has 1 rings (SSSR count). The average molecular weight is 300 g/mol. The predicted molar refractivity (Wildman–Crippen MR) is 58.9 cm³/mol. The van der Waals surface area contributed by atoms with E-state index in [-0.39, 0.29) is 10.8 Å². The zero-order valence-electron chi connectivity index (χ0n) is 7.40. The maximum Gasteiger partial charge on any atom is 0.250 e. The van der Waals surface area contributed by atoms with E-state index in [1.165, 1.54) is 13.0 Å². The Kier molecular flexibility index (Phi) is 4.08. The highest BCUT2D eigenvalue weighted by Crippen LogP contribution is 2.25. The van der Waals surface area contributed by atoms with Crippen molar-refractivity contribution < 1.29 is 13.5 Å². The molecule has 0 aliphatic heterocycles. The van der Waals surface area contributed by atoms with Gasteiger partial charge in [-0.3, -0.25) is 0 Å². The number of thiophene rings is 1. The molecule has 0 fully saturated rings. The molecule has 0 aliphatic rings. The quantitative estimate of drug-likeness (QED) is 0.877. The first kappa shape index (κ1) is 12.1. The number of aliphatic hydroxyl groups excluding tert-OH is 1. The molecule has 0 bridgehead atoms. The molecular weight excluding hydrogens is 290 g/mol. The first-order valence-corrected chi connectivity index (χ1v) is 6.94. The maximum absolute atomic E-state index is 11.5. The smallest absolute Gasteiger partial charge is 0.250 e. The Hall–Kier alpha value is 0.0500. The van der Waals surface area contributed by atoms with Gasteiger partial charge in [-0.05, 0) is 35.0 Å². The second kappa shape index (κ2) is 4.71. The summed E-state index contributed by atoms with van der Waals surface area (Å²) in [7, 11) is -3.46. The van der Waals surface area contributed by atoms with E-state index in [1.807, 2.05) is 0 Å². The van der Waals surface area contributed by atoms with Gasteiger partial charge in [0.15, 0.2) is 0 Å².